The second-order valence-electron chi connectivity index (χ2n) is 6.55. The van der Waals surface area contributed by atoms with Gasteiger partial charge in [0, 0.05) is 12.1 Å². The van der Waals surface area contributed by atoms with E-state index < -0.39 is 0 Å². The van der Waals surface area contributed by atoms with Gasteiger partial charge >= 0.3 is 0 Å². The Morgan fingerprint density at radius 2 is 1.74 bits per heavy atom. The zero-order chi connectivity index (χ0) is 13.2. The Morgan fingerprint density at radius 1 is 1.00 bits per heavy atom. The van der Waals surface area contributed by atoms with Crippen LogP contribution in [0.1, 0.15) is 56.9 Å². The van der Waals surface area contributed by atoms with Crippen LogP contribution in [0, 0.1) is 11.7 Å². The Labute approximate surface area is 115 Å². The molecular formula is C17H24FN. The van der Waals surface area contributed by atoms with E-state index in [1.165, 1.54) is 44.1 Å². The van der Waals surface area contributed by atoms with Crippen LogP contribution in [0.4, 0.5) is 4.39 Å². The summed E-state index contributed by atoms with van der Waals surface area (Å²) in [5, 5.41) is 3.82. The molecule has 2 heteroatoms. The zero-order valence-corrected chi connectivity index (χ0v) is 11.7. The molecule has 1 aromatic carbocycles. The third kappa shape index (κ3) is 3.17. The minimum absolute atomic E-state index is 0.131. The molecule has 1 aromatic rings. The van der Waals surface area contributed by atoms with Crippen molar-refractivity contribution in [3.63, 3.8) is 0 Å². The molecule has 0 bridgehead atoms. The maximum atomic E-state index is 12.9. The summed E-state index contributed by atoms with van der Waals surface area (Å²) in [4.78, 5) is 0. The Hall–Kier alpha value is -0.890. The lowest BCUT2D eigenvalue weighted by Gasteiger charge is -2.40. The molecule has 0 saturated heterocycles. The average Bonchev–Trinajstić information content (AvgIpc) is 2.35. The van der Waals surface area contributed by atoms with Gasteiger partial charge < -0.3 is 5.32 Å². The van der Waals surface area contributed by atoms with Crippen LogP contribution in [0.15, 0.2) is 24.3 Å². The molecule has 3 rings (SSSR count). The highest BCUT2D eigenvalue weighted by Gasteiger charge is 2.32. The Morgan fingerprint density at radius 3 is 2.42 bits per heavy atom. The molecule has 2 unspecified atom stereocenters. The first-order chi connectivity index (χ1) is 9.20. The van der Waals surface area contributed by atoms with E-state index in [0.717, 1.165) is 12.0 Å². The third-order valence-electron chi connectivity index (χ3n) is 4.89. The number of hydrogen-bond donors (Lipinski definition) is 1. The summed E-state index contributed by atoms with van der Waals surface area (Å²) in [6.45, 7) is 2.37. The van der Waals surface area contributed by atoms with E-state index in [4.69, 9.17) is 0 Å². The molecule has 1 nitrogen and oxygen atoms in total. The van der Waals surface area contributed by atoms with Crippen LogP contribution in [0.3, 0.4) is 0 Å². The van der Waals surface area contributed by atoms with Crippen molar-refractivity contribution in [2.75, 3.05) is 0 Å². The summed E-state index contributed by atoms with van der Waals surface area (Å²) in [5.74, 6) is 1.40. The minimum atomic E-state index is -0.131. The molecule has 19 heavy (non-hydrogen) atoms. The van der Waals surface area contributed by atoms with Crippen molar-refractivity contribution < 1.29 is 4.39 Å². The van der Waals surface area contributed by atoms with Crippen LogP contribution in [-0.2, 0) is 0 Å². The average molecular weight is 261 g/mol. The molecule has 0 amide bonds. The Kier molecular flexibility index (Phi) is 3.88. The summed E-state index contributed by atoms with van der Waals surface area (Å²) in [5.41, 5.74) is 1.30. The summed E-state index contributed by atoms with van der Waals surface area (Å²) in [7, 11) is 0. The number of rotatable bonds is 3. The lowest BCUT2D eigenvalue weighted by Crippen LogP contribution is -2.46. The maximum absolute atomic E-state index is 12.9. The van der Waals surface area contributed by atoms with Crippen LogP contribution >= 0.6 is 0 Å². The van der Waals surface area contributed by atoms with Crippen molar-refractivity contribution in [3.05, 3.63) is 35.6 Å². The number of hydrogen-bond acceptors (Lipinski definition) is 1. The predicted octanol–water partition coefficient (Wildman–Crippen LogP) is 4.24. The van der Waals surface area contributed by atoms with Gasteiger partial charge in [-0.25, -0.2) is 4.39 Å². The Balaban J connectivity index is 1.46. The Bertz CT molecular complexity index is 408. The van der Waals surface area contributed by atoms with Crippen LogP contribution in [0.2, 0.25) is 0 Å². The fourth-order valence-corrected chi connectivity index (χ4v) is 3.68. The summed E-state index contributed by atoms with van der Waals surface area (Å²) in [6.07, 6.45) is 7.92. The van der Waals surface area contributed by atoms with Gasteiger partial charge in [-0.1, -0.05) is 31.9 Å². The number of nitrogens with one attached hydrogen (secondary N) is 1. The van der Waals surface area contributed by atoms with Gasteiger partial charge in [0.05, 0.1) is 0 Å². The lowest BCUT2D eigenvalue weighted by molar-refractivity contribution is 0.217. The largest absolute Gasteiger partial charge is 0.311 e. The monoisotopic (exact) mass is 261 g/mol. The summed E-state index contributed by atoms with van der Waals surface area (Å²) >= 11 is 0. The lowest BCUT2D eigenvalue weighted by atomic mass is 9.75. The molecule has 2 saturated carbocycles. The van der Waals surface area contributed by atoms with Crippen LogP contribution < -0.4 is 5.32 Å². The standard InChI is InChI=1S/C17H24FN/c1-12-3-2-4-16(9-12)19-17-10-14(11-17)13-5-7-15(18)8-6-13/h5-8,12,14,16-17,19H,2-4,9-11H2,1H3. The normalized spacial score (nSPS) is 34.8. The highest BCUT2D eigenvalue weighted by atomic mass is 19.1. The smallest absolute Gasteiger partial charge is 0.123 e. The fraction of sp³-hybridized carbons (Fsp3) is 0.647. The number of halogens is 1. The van der Waals surface area contributed by atoms with Crippen molar-refractivity contribution in [1.29, 1.82) is 0 Å². The van der Waals surface area contributed by atoms with Crippen LogP contribution in [-0.4, -0.2) is 12.1 Å². The second kappa shape index (κ2) is 5.62. The second-order valence-corrected chi connectivity index (χ2v) is 6.55. The van der Waals surface area contributed by atoms with Crippen molar-refractivity contribution >= 4 is 0 Å². The first-order valence-corrected chi connectivity index (χ1v) is 7.72. The van der Waals surface area contributed by atoms with Gasteiger partial charge in [0.1, 0.15) is 5.82 Å². The number of benzene rings is 1. The van der Waals surface area contributed by atoms with Crippen LogP contribution in [0.25, 0.3) is 0 Å². The fourth-order valence-electron chi connectivity index (χ4n) is 3.68. The van der Waals surface area contributed by atoms with E-state index in [1.54, 1.807) is 12.1 Å². The van der Waals surface area contributed by atoms with E-state index >= 15 is 0 Å². The van der Waals surface area contributed by atoms with Crippen molar-refractivity contribution in [3.8, 4) is 0 Å². The van der Waals surface area contributed by atoms with Gasteiger partial charge in [0.25, 0.3) is 0 Å². The van der Waals surface area contributed by atoms with Crippen molar-refractivity contribution in [2.45, 2.75) is 63.5 Å². The zero-order valence-electron chi connectivity index (χ0n) is 11.7. The van der Waals surface area contributed by atoms with Gasteiger partial charge in [-0.3, -0.25) is 0 Å². The SMILES string of the molecule is CC1CCCC(NC2CC(c3ccc(F)cc3)C2)C1. The van der Waals surface area contributed by atoms with Crippen molar-refractivity contribution in [1.82, 2.24) is 5.32 Å². The molecular weight excluding hydrogens is 237 g/mol. The maximum Gasteiger partial charge on any atom is 0.123 e. The van der Waals surface area contributed by atoms with E-state index in [1.807, 2.05) is 12.1 Å². The van der Waals surface area contributed by atoms with E-state index in [9.17, 15) is 4.39 Å². The van der Waals surface area contributed by atoms with E-state index in [0.29, 0.717) is 12.0 Å². The highest BCUT2D eigenvalue weighted by Crippen LogP contribution is 2.38. The molecule has 2 aliphatic rings. The molecule has 2 atom stereocenters. The molecule has 2 aliphatic carbocycles. The molecule has 0 heterocycles. The first-order valence-electron chi connectivity index (χ1n) is 7.72. The van der Waals surface area contributed by atoms with Crippen LogP contribution in [0.5, 0.6) is 0 Å². The van der Waals surface area contributed by atoms with Crippen molar-refractivity contribution in [2.24, 2.45) is 5.92 Å². The third-order valence-corrected chi connectivity index (χ3v) is 4.89. The van der Waals surface area contributed by atoms with Gasteiger partial charge in [0.2, 0.25) is 0 Å². The van der Waals surface area contributed by atoms with Gasteiger partial charge in [-0.15, -0.1) is 0 Å². The van der Waals surface area contributed by atoms with E-state index in [2.05, 4.69) is 12.2 Å². The van der Waals surface area contributed by atoms with Gasteiger partial charge in [0.15, 0.2) is 0 Å². The summed E-state index contributed by atoms with van der Waals surface area (Å²) in [6, 6.07) is 8.48. The van der Waals surface area contributed by atoms with Gasteiger partial charge in [-0.05, 0) is 55.2 Å². The quantitative estimate of drug-likeness (QED) is 0.858. The highest BCUT2D eigenvalue weighted by molar-refractivity contribution is 5.23. The molecule has 0 aliphatic heterocycles. The molecule has 1 N–H and O–H groups in total. The summed E-state index contributed by atoms with van der Waals surface area (Å²) < 4.78 is 12.9. The molecule has 0 aromatic heterocycles. The molecule has 0 spiro atoms. The minimum Gasteiger partial charge on any atom is -0.311 e. The molecule has 2 fully saturated rings. The predicted molar refractivity (Wildman–Crippen MR) is 76.7 cm³/mol. The topological polar surface area (TPSA) is 12.0 Å². The molecule has 104 valence electrons. The van der Waals surface area contributed by atoms with E-state index in [-0.39, 0.29) is 5.82 Å². The first kappa shape index (κ1) is 13.1. The molecule has 0 radical (unpaired) electrons. The van der Waals surface area contributed by atoms with Gasteiger partial charge in [-0.2, -0.15) is 0 Å².